The van der Waals surface area contributed by atoms with Gasteiger partial charge in [-0.05, 0) is 19.4 Å². The third-order valence-electron chi connectivity index (χ3n) is 1.63. The molecule has 0 radical (unpaired) electrons. The molecule has 0 aliphatic carbocycles. The molecule has 5 heteroatoms. The normalized spacial score (nSPS) is 8.93. The second-order valence-electron chi connectivity index (χ2n) is 2.69. The molecule has 1 aromatic heterocycles. The Bertz CT molecular complexity index is 437. The van der Waals surface area contributed by atoms with Gasteiger partial charge in [-0.3, -0.25) is 0 Å². The third-order valence-corrected chi connectivity index (χ3v) is 1.63. The molecule has 1 heterocycles. The topological polar surface area (TPSA) is 75.8 Å². The van der Waals surface area contributed by atoms with Crippen molar-refractivity contribution in [3.05, 3.63) is 22.9 Å². The Morgan fingerprint density at radius 2 is 2.36 bits per heavy atom. The number of rotatable bonds is 2. The molecule has 0 saturated carbocycles. The van der Waals surface area contributed by atoms with Crippen molar-refractivity contribution >= 4 is 11.6 Å². The van der Waals surface area contributed by atoms with Crippen LogP contribution < -0.4 is 4.80 Å². The number of aryl methyl sites for hydroxylation is 2. The molecule has 0 atom stereocenters. The first-order chi connectivity index (χ1) is 6.71. The van der Waals surface area contributed by atoms with Crippen LogP contribution in [0.15, 0.2) is 6.07 Å². The number of aromatic nitrogens is 3. The highest BCUT2D eigenvalue weighted by Crippen LogP contribution is 1.95. The summed E-state index contributed by atoms with van der Waals surface area (Å²) in [6.07, 6.45) is 0.744. The maximum absolute atomic E-state index is 8.62. The lowest BCUT2D eigenvalue weighted by molar-refractivity contribution is -0.703. The fraction of sp³-hybridized carbons (Fsp3) is 0.333. The van der Waals surface area contributed by atoms with Gasteiger partial charge in [0.2, 0.25) is 0 Å². The molecule has 14 heavy (non-hydrogen) atoms. The maximum atomic E-state index is 8.62. The monoisotopic (exact) mass is 187 g/mol. The second-order valence-corrected chi connectivity index (χ2v) is 2.69. The van der Waals surface area contributed by atoms with Gasteiger partial charge >= 0.3 is 5.70 Å². The van der Waals surface area contributed by atoms with Gasteiger partial charge in [-0.15, -0.1) is 0 Å². The van der Waals surface area contributed by atoms with E-state index < -0.39 is 0 Å². The zero-order valence-corrected chi connectivity index (χ0v) is 8.02. The number of allylic oxidation sites excluding steroid dienone is 1. The van der Waals surface area contributed by atoms with Crippen LogP contribution in [-0.2, 0) is 6.42 Å². The first kappa shape index (κ1) is 10.0. The summed E-state index contributed by atoms with van der Waals surface area (Å²) in [7, 11) is 0. The Balaban J connectivity index is 3.30. The summed E-state index contributed by atoms with van der Waals surface area (Å²) in [6.45, 7) is 3.74. The summed E-state index contributed by atoms with van der Waals surface area (Å²) in [6, 6.07) is 3.56. The first-order valence-corrected chi connectivity index (χ1v) is 4.16. The van der Waals surface area contributed by atoms with Crippen LogP contribution in [0, 0.1) is 18.3 Å². The van der Waals surface area contributed by atoms with E-state index in [-0.39, 0.29) is 5.70 Å². The number of nitriles is 1. The van der Waals surface area contributed by atoms with Crippen molar-refractivity contribution in [2.24, 2.45) is 0 Å². The Hall–Kier alpha value is -2.05. The van der Waals surface area contributed by atoms with Crippen LogP contribution in [0.2, 0.25) is 0 Å². The SMILES string of the molecule is CCc1cc(C)n[n+](C(=C=[N-])C#N)n1. The summed E-state index contributed by atoms with van der Waals surface area (Å²) < 4.78 is 0. The van der Waals surface area contributed by atoms with E-state index in [4.69, 9.17) is 10.7 Å². The third kappa shape index (κ3) is 2.00. The summed E-state index contributed by atoms with van der Waals surface area (Å²) in [5, 5.41) is 25.2. The molecule has 0 bridgehead atoms. The summed E-state index contributed by atoms with van der Waals surface area (Å²) in [5.41, 5.74) is 1.42. The van der Waals surface area contributed by atoms with E-state index in [2.05, 4.69) is 10.2 Å². The van der Waals surface area contributed by atoms with Crippen molar-refractivity contribution in [2.45, 2.75) is 20.3 Å². The lowest BCUT2D eigenvalue weighted by Crippen LogP contribution is -2.42. The van der Waals surface area contributed by atoms with Gasteiger partial charge in [0.25, 0.3) is 0 Å². The van der Waals surface area contributed by atoms with Crippen LogP contribution in [0.4, 0.5) is 0 Å². The van der Waals surface area contributed by atoms with Crippen LogP contribution in [0.3, 0.4) is 0 Å². The molecular weight excluding hydrogens is 178 g/mol. The number of hydrogen-bond acceptors (Lipinski definition) is 3. The zero-order chi connectivity index (χ0) is 10.6. The van der Waals surface area contributed by atoms with Gasteiger partial charge in [0.05, 0.1) is 4.80 Å². The van der Waals surface area contributed by atoms with Crippen LogP contribution in [0.1, 0.15) is 18.3 Å². The highest BCUT2D eigenvalue weighted by atomic mass is 15.5. The van der Waals surface area contributed by atoms with E-state index in [0.717, 1.165) is 22.6 Å². The first-order valence-electron chi connectivity index (χ1n) is 4.16. The van der Waals surface area contributed by atoms with E-state index in [1.165, 1.54) is 0 Å². The van der Waals surface area contributed by atoms with Crippen LogP contribution >= 0.6 is 0 Å². The summed E-state index contributed by atoms with van der Waals surface area (Å²) >= 11 is 0. The Morgan fingerprint density at radius 1 is 1.64 bits per heavy atom. The van der Waals surface area contributed by atoms with Crippen molar-refractivity contribution in [1.29, 1.82) is 5.26 Å². The zero-order valence-electron chi connectivity index (χ0n) is 8.02. The molecule has 0 saturated heterocycles. The van der Waals surface area contributed by atoms with Crippen LogP contribution in [0.5, 0.6) is 0 Å². The maximum Gasteiger partial charge on any atom is 0.364 e. The highest BCUT2D eigenvalue weighted by Gasteiger charge is 2.13. The average molecular weight is 187 g/mol. The van der Waals surface area contributed by atoms with E-state index in [1.807, 2.05) is 13.0 Å². The quantitative estimate of drug-likeness (QED) is 0.378. The van der Waals surface area contributed by atoms with E-state index in [0.29, 0.717) is 0 Å². The smallest absolute Gasteiger partial charge is 0.364 e. The fourth-order valence-electron chi connectivity index (χ4n) is 0.980. The Labute approximate surface area is 81.8 Å². The summed E-state index contributed by atoms with van der Waals surface area (Å²) in [5.74, 6) is 1.74. The predicted octanol–water partition coefficient (Wildman–Crippen LogP) is 0.238. The van der Waals surface area contributed by atoms with Crippen molar-refractivity contribution in [2.75, 3.05) is 0 Å². The van der Waals surface area contributed by atoms with Gasteiger partial charge in [0.15, 0.2) is 6.07 Å². The molecule has 0 N–H and O–H groups in total. The van der Waals surface area contributed by atoms with Gasteiger partial charge in [-0.2, -0.15) is 11.1 Å². The molecule has 70 valence electrons. The van der Waals surface area contributed by atoms with Crippen molar-refractivity contribution in [1.82, 2.24) is 10.2 Å². The standard InChI is InChI=1S/C9H9N5/c1-3-8-4-7(2)12-14(13-8)9(5-10)6-11/h4H,3H2,1-2H3. The highest BCUT2D eigenvalue weighted by molar-refractivity contribution is 5.83. The number of nitrogens with zero attached hydrogens (tertiary/aromatic N) is 5. The molecule has 0 fully saturated rings. The Morgan fingerprint density at radius 3 is 2.86 bits per heavy atom. The molecule has 1 aromatic rings. The van der Waals surface area contributed by atoms with E-state index in [1.54, 1.807) is 18.9 Å². The lowest BCUT2D eigenvalue weighted by Gasteiger charge is -1.93. The number of hydrogen-bond donors (Lipinski definition) is 0. The average Bonchev–Trinajstić information content (AvgIpc) is 2.19. The summed E-state index contributed by atoms with van der Waals surface area (Å²) in [4.78, 5) is 1.08. The van der Waals surface area contributed by atoms with Gasteiger partial charge in [-0.1, -0.05) is 6.92 Å². The molecule has 0 aromatic carbocycles. The molecule has 0 amide bonds. The molecule has 0 aliphatic rings. The van der Waals surface area contributed by atoms with Crippen molar-refractivity contribution in [3.8, 4) is 6.07 Å². The minimum Gasteiger partial charge on any atom is -0.757 e. The van der Waals surface area contributed by atoms with Gasteiger partial charge in [0, 0.05) is 10.2 Å². The molecular formula is C9H9N5. The minimum atomic E-state index is -0.122. The second kappa shape index (κ2) is 4.26. The largest absolute Gasteiger partial charge is 0.757 e. The predicted molar refractivity (Wildman–Crippen MR) is 50.0 cm³/mol. The van der Waals surface area contributed by atoms with Crippen molar-refractivity contribution < 1.29 is 4.80 Å². The minimum absolute atomic E-state index is 0.122. The molecule has 0 spiro atoms. The van der Waals surface area contributed by atoms with Crippen LogP contribution in [-0.4, -0.2) is 16.1 Å². The van der Waals surface area contributed by atoms with Gasteiger partial charge in [0.1, 0.15) is 11.4 Å². The van der Waals surface area contributed by atoms with E-state index >= 15 is 0 Å². The van der Waals surface area contributed by atoms with Crippen molar-refractivity contribution in [3.63, 3.8) is 0 Å². The lowest BCUT2D eigenvalue weighted by atomic mass is 10.3. The van der Waals surface area contributed by atoms with Gasteiger partial charge in [-0.25, -0.2) is 0 Å². The van der Waals surface area contributed by atoms with E-state index in [9.17, 15) is 0 Å². The fourth-order valence-corrected chi connectivity index (χ4v) is 0.980. The van der Waals surface area contributed by atoms with Gasteiger partial charge < -0.3 is 5.41 Å². The molecule has 1 rings (SSSR count). The molecule has 0 aliphatic heterocycles. The van der Waals surface area contributed by atoms with Crippen LogP contribution in [0.25, 0.3) is 11.1 Å². The Kier molecular flexibility index (Phi) is 3.05. The molecule has 5 nitrogen and oxygen atoms in total. The molecule has 0 unspecified atom stereocenters.